The second kappa shape index (κ2) is 8.22. The average Bonchev–Trinajstić information content (AvgIpc) is 3.40. The van der Waals surface area contributed by atoms with E-state index in [-0.39, 0.29) is 18.5 Å². The molecule has 1 saturated heterocycles. The van der Waals surface area contributed by atoms with Gasteiger partial charge in [0.2, 0.25) is 5.91 Å². The number of anilines is 1. The summed E-state index contributed by atoms with van der Waals surface area (Å²) in [6, 6.07) is 6.76. The maximum Gasteiger partial charge on any atom is 0.239 e. The average molecular weight is 441 g/mol. The smallest absolute Gasteiger partial charge is 0.239 e. The molecule has 0 radical (unpaired) electrons. The van der Waals surface area contributed by atoms with Crippen LogP contribution in [0.25, 0.3) is 10.9 Å². The van der Waals surface area contributed by atoms with Gasteiger partial charge in [-0.1, -0.05) is 11.6 Å². The highest BCUT2D eigenvalue weighted by Gasteiger charge is 2.40. The number of hydrogen-bond donors (Lipinski definition) is 4. The van der Waals surface area contributed by atoms with Crippen LogP contribution in [-0.4, -0.2) is 62.8 Å². The van der Waals surface area contributed by atoms with E-state index in [0.29, 0.717) is 11.9 Å². The molecular formula is C22H28N6O2S. The number of aryl methyl sites for hydroxylation is 1. The first kappa shape index (κ1) is 20.4. The van der Waals surface area contributed by atoms with Crippen LogP contribution in [-0.2, 0) is 10.4 Å². The number of carbonyl (C=O) groups excluding carboxylic acids is 1. The molecule has 4 N–H and O–H groups in total. The Morgan fingerprint density at radius 3 is 2.90 bits per heavy atom. The van der Waals surface area contributed by atoms with Gasteiger partial charge in [0.25, 0.3) is 0 Å². The molecular weight excluding hydrogens is 412 g/mol. The summed E-state index contributed by atoms with van der Waals surface area (Å²) in [7, 11) is 0. The molecule has 1 aliphatic carbocycles. The zero-order valence-electron chi connectivity index (χ0n) is 17.6. The van der Waals surface area contributed by atoms with Gasteiger partial charge < -0.3 is 15.7 Å². The monoisotopic (exact) mass is 440 g/mol. The molecule has 31 heavy (non-hydrogen) atoms. The topological polar surface area (TPSA) is 106 Å². The number of H-pyrrole nitrogens is 1. The number of thiazole rings is 1. The van der Waals surface area contributed by atoms with E-state index in [1.165, 1.54) is 11.3 Å². The Labute approximate surface area is 185 Å². The van der Waals surface area contributed by atoms with E-state index in [9.17, 15) is 9.90 Å². The van der Waals surface area contributed by atoms with Crippen molar-refractivity contribution < 1.29 is 9.90 Å². The molecule has 0 bridgehead atoms. The SMILES string of the molecule is Cc1ccc2[nH]nc(NCC(=O)NC3CN([C@H]4CC[C@@](O)(c5cncs5)CC4)C3)c2c1. The van der Waals surface area contributed by atoms with Crippen LogP contribution >= 0.6 is 11.3 Å². The Morgan fingerprint density at radius 1 is 1.35 bits per heavy atom. The van der Waals surface area contributed by atoms with Crippen molar-refractivity contribution in [2.45, 2.75) is 50.3 Å². The number of aromatic nitrogens is 3. The van der Waals surface area contributed by atoms with E-state index in [2.05, 4.69) is 36.8 Å². The van der Waals surface area contributed by atoms with Crippen LogP contribution in [0.5, 0.6) is 0 Å². The molecule has 1 aromatic carbocycles. The number of likely N-dealkylation sites (tertiary alicyclic amines) is 1. The normalized spacial score (nSPS) is 24.8. The molecule has 3 aromatic rings. The number of nitrogens with one attached hydrogen (secondary N) is 3. The highest BCUT2D eigenvalue weighted by atomic mass is 32.1. The van der Waals surface area contributed by atoms with Gasteiger partial charge in [0, 0.05) is 30.7 Å². The summed E-state index contributed by atoms with van der Waals surface area (Å²) in [6.07, 6.45) is 5.29. The van der Waals surface area contributed by atoms with Crippen molar-refractivity contribution in [1.29, 1.82) is 0 Å². The van der Waals surface area contributed by atoms with Crippen LogP contribution in [0.3, 0.4) is 0 Å². The predicted octanol–water partition coefficient (Wildman–Crippen LogP) is 2.37. The Balaban J connectivity index is 1.06. The lowest BCUT2D eigenvalue weighted by molar-refractivity contribution is -0.121. The van der Waals surface area contributed by atoms with Crippen LogP contribution in [0.15, 0.2) is 29.9 Å². The Morgan fingerprint density at radius 2 is 2.16 bits per heavy atom. The van der Waals surface area contributed by atoms with Gasteiger partial charge in [-0.05, 0) is 44.7 Å². The third kappa shape index (κ3) is 4.17. The second-order valence-corrected chi connectivity index (χ2v) is 9.71. The maximum absolute atomic E-state index is 12.4. The van der Waals surface area contributed by atoms with Gasteiger partial charge in [0.05, 0.1) is 28.5 Å². The zero-order valence-corrected chi connectivity index (χ0v) is 18.4. The van der Waals surface area contributed by atoms with Crippen molar-refractivity contribution in [2.24, 2.45) is 0 Å². The quantitative estimate of drug-likeness (QED) is 0.469. The van der Waals surface area contributed by atoms with Crippen LogP contribution in [0.1, 0.15) is 36.1 Å². The number of carbonyl (C=O) groups is 1. The molecule has 1 aliphatic heterocycles. The highest BCUT2D eigenvalue weighted by Crippen LogP contribution is 2.40. The summed E-state index contributed by atoms with van der Waals surface area (Å²) in [5, 5.41) is 25.4. The predicted molar refractivity (Wildman–Crippen MR) is 121 cm³/mol. The van der Waals surface area contributed by atoms with Crippen LogP contribution in [0.4, 0.5) is 5.82 Å². The van der Waals surface area contributed by atoms with Gasteiger partial charge in [-0.25, -0.2) is 0 Å². The number of nitrogens with zero attached hydrogens (tertiary/aromatic N) is 3. The summed E-state index contributed by atoms with van der Waals surface area (Å²) in [5.41, 5.74) is 3.19. The minimum atomic E-state index is -0.712. The van der Waals surface area contributed by atoms with Crippen molar-refractivity contribution in [3.63, 3.8) is 0 Å². The number of benzene rings is 1. The lowest BCUT2D eigenvalue weighted by Gasteiger charge is -2.48. The molecule has 9 heteroatoms. The number of hydrogen-bond acceptors (Lipinski definition) is 7. The number of amides is 1. The number of fused-ring (bicyclic) bond motifs is 1. The molecule has 0 spiro atoms. The second-order valence-electron chi connectivity index (χ2n) is 8.82. The number of aliphatic hydroxyl groups is 1. The molecule has 0 atom stereocenters. The van der Waals surface area contributed by atoms with Crippen molar-refractivity contribution in [3.05, 3.63) is 40.3 Å². The summed E-state index contributed by atoms with van der Waals surface area (Å²) in [4.78, 5) is 19.9. The van der Waals surface area contributed by atoms with Gasteiger partial charge >= 0.3 is 0 Å². The van der Waals surface area contributed by atoms with Crippen LogP contribution in [0.2, 0.25) is 0 Å². The highest BCUT2D eigenvalue weighted by molar-refractivity contribution is 7.09. The standard InChI is InChI=1S/C22H28N6O2S/c1-14-2-3-18-17(8-14)21(27-26-18)24-10-20(29)25-15-11-28(12-15)16-4-6-22(30,7-5-16)19-9-23-13-31-19/h2-3,8-9,13,15-16,30H,4-7,10-12H2,1H3,(H,25,29)(H2,24,26,27)/t16-,22-. The molecule has 0 unspecified atom stereocenters. The van der Waals surface area contributed by atoms with E-state index in [4.69, 9.17) is 0 Å². The van der Waals surface area contributed by atoms with Gasteiger partial charge in [-0.3, -0.25) is 19.8 Å². The van der Waals surface area contributed by atoms with Crippen molar-refractivity contribution >= 4 is 34.0 Å². The van der Waals surface area contributed by atoms with Crippen LogP contribution in [0, 0.1) is 6.92 Å². The fraction of sp³-hybridized carbons (Fsp3) is 0.500. The van der Waals surface area contributed by atoms with E-state index < -0.39 is 5.60 Å². The lowest BCUT2D eigenvalue weighted by Crippen LogP contribution is -2.63. The van der Waals surface area contributed by atoms with E-state index in [1.54, 1.807) is 11.7 Å². The Bertz CT molecular complexity index is 1050. The maximum atomic E-state index is 12.4. The first-order valence-corrected chi connectivity index (χ1v) is 11.7. The van der Waals surface area contributed by atoms with E-state index >= 15 is 0 Å². The first-order chi connectivity index (χ1) is 15.0. The summed E-state index contributed by atoms with van der Waals surface area (Å²) in [5.74, 6) is 0.691. The van der Waals surface area contributed by atoms with Crippen molar-refractivity contribution in [2.75, 3.05) is 25.0 Å². The third-order valence-electron chi connectivity index (χ3n) is 6.60. The van der Waals surface area contributed by atoms with Gasteiger partial charge in [-0.15, -0.1) is 11.3 Å². The van der Waals surface area contributed by atoms with Crippen molar-refractivity contribution in [3.8, 4) is 0 Å². The molecule has 2 fully saturated rings. The molecule has 1 saturated carbocycles. The largest absolute Gasteiger partial charge is 0.384 e. The fourth-order valence-electron chi connectivity index (χ4n) is 4.74. The molecule has 3 heterocycles. The molecule has 1 amide bonds. The number of rotatable bonds is 6. The Hall–Kier alpha value is -2.49. The summed E-state index contributed by atoms with van der Waals surface area (Å²) in [6.45, 7) is 3.99. The summed E-state index contributed by atoms with van der Waals surface area (Å²) >= 11 is 1.53. The lowest BCUT2D eigenvalue weighted by atomic mass is 9.80. The van der Waals surface area contributed by atoms with Gasteiger partial charge in [0.15, 0.2) is 5.82 Å². The first-order valence-electron chi connectivity index (χ1n) is 10.8. The minimum Gasteiger partial charge on any atom is -0.384 e. The van der Waals surface area contributed by atoms with Crippen LogP contribution < -0.4 is 10.6 Å². The molecule has 164 valence electrons. The Kier molecular flexibility index (Phi) is 5.41. The summed E-state index contributed by atoms with van der Waals surface area (Å²) < 4.78 is 0. The fourth-order valence-corrected chi connectivity index (χ4v) is 5.53. The number of aromatic amines is 1. The zero-order chi connectivity index (χ0) is 21.4. The molecule has 5 rings (SSSR count). The van der Waals surface area contributed by atoms with Gasteiger partial charge in [0.1, 0.15) is 5.60 Å². The minimum absolute atomic E-state index is 0.0170. The van der Waals surface area contributed by atoms with E-state index in [1.807, 2.05) is 19.1 Å². The van der Waals surface area contributed by atoms with Crippen molar-refractivity contribution in [1.82, 2.24) is 25.4 Å². The third-order valence-corrected chi connectivity index (χ3v) is 7.57. The molecule has 2 aliphatic rings. The molecule has 2 aromatic heterocycles. The molecule has 8 nitrogen and oxygen atoms in total. The van der Waals surface area contributed by atoms with Gasteiger partial charge in [-0.2, -0.15) is 5.10 Å². The van der Waals surface area contributed by atoms with E-state index in [0.717, 1.165) is 60.1 Å².